The van der Waals surface area contributed by atoms with Gasteiger partial charge in [-0.15, -0.1) is 0 Å². The van der Waals surface area contributed by atoms with Crippen molar-refractivity contribution < 1.29 is 19.8 Å². The number of benzene rings is 1. The quantitative estimate of drug-likeness (QED) is 0.589. The third-order valence-corrected chi connectivity index (χ3v) is 1.57. The fourth-order valence-corrected chi connectivity index (χ4v) is 1.03. The Bertz CT molecular complexity index is 340. The molecule has 5 heteroatoms. The van der Waals surface area contributed by atoms with Gasteiger partial charge in [0.25, 0.3) is 0 Å². The summed E-state index contributed by atoms with van der Waals surface area (Å²) in [7, 11) is 1.65. The maximum atomic E-state index is 10.5. The molecule has 0 saturated heterocycles. The predicted molar refractivity (Wildman–Crippen MR) is 48.5 cm³/mol. The van der Waals surface area contributed by atoms with E-state index in [2.05, 4.69) is 0 Å². The van der Waals surface area contributed by atoms with Crippen LogP contribution >= 0.6 is 0 Å². The van der Waals surface area contributed by atoms with Gasteiger partial charge in [0.05, 0.1) is 11.1 Å². The number of rotatable bonds is 2. The van der Waals surface area contributed by atoms with Gasteiger partial charge in [-0.25, -0.2) is 9.59 Å². The van der Waals surface area contributed by atoms with Crippen LogP contribution in [0.5, 0.6) is 0 Å². The molecule has 66 valence electrons. The van der Waals surface area contributed by atoms with E-state index in [1.807, 2.05) is 0 Å². The zero-order chi connectivity index (χ0) is 10.0. The second-order valence-electron chi connectivity index (χ2n) is 2.70. The van der Waals surface area contributed by atoms with E-state index in [0.717, 1.165) is 6.07 Å². The summed E-state index contributed by atoms with van der Waals surface area (Å²) in [4.78, 5) is 21.1. The minimum atomic E-state index is -1.12. The van der Waals surface area contributed by atoms with Crippen molar-refractivity contribution in [2.75, 3.05) is 0 Å². The molecule has 0 amide bonds. The Morgan fingerprint density at radius 1 is 1.00 bits per heavy atom. The lowest BCUT2D eigenvalue weighted by Gasteiger charge is -1.99. The van der Waals surface area contributed by atoms with E-state index in [0.29, 0.717) is 5.46 Å². The summed E-state index contributed by atoms with van der Waals surface area (Å²) in [6.07, 6.45) is 0. The third-order valence-electron chi connectivity index (χ3n) is 1.57. The Morgan fingerprint density at radius 2 is 1.38 bits per heavy atom. The summed E-state index contributed by atoms with van der Waals surface area (Å²) >= 11 is 0. The highest BCUT2D eigenvalue weighted by Crippen LogP contribution is 2.02. The topological polar surface area (TPSA) is 74.6 Å². The second-order valence-corrected chi connectivity index (χ2v) is 2.70. The predicted octanol–water partition coefficient (Wildman–Crippen LogP) is -0.659. The fraction of sp³-hybridized carbons (Fsp3) is 0. The van der Waals surface area contributed by atoms with E-state index in [4.69, 9.17) is 10.2 Å². The first kappa shape index (κ1) is 9.31. The van der Waals surface area contributed by atoms with Crippen LogP contribution in [0, 0.1) is 0 Å². The standard InChI is InChI=1S/C8H7BO4/c9-6-2-4(7(10)11)1-5(3-6)8(12)13/h1-3H,9H2,(H,10,11)(H,12,13). The highest BCUT2D eigenvalue weighted by atomic mass is 16.4. The number of hydrogen-bond acceptors (Lipinski definition) is 2. The van der Waals surface area contributed by atoms with Crippen molar-refractivity contribution in [3.63, 3.8) is 0 Å². The largest absolute Gasteiger partial charge is 0.478 e. The third kappa shape index (κ3) is 2.08. The smallest absolute Gasteiger partial charge is 0.335 e. The zero-order valence-electron chi connectivity index (χ0n) is 6.94. The Kier molecular flexibility index (Phi) is 2.37. The summed E-state index contributed by atoms with van der Waals surface area (Å²) in [6.45, 7) is 0. The van der Waals surface area contributed by atoms with Gasteiger partial charge < -0.3 is 10.2 Å². The molecule has 0 radical (unpaired) electrons. The van der Waals surface area contributed by atoms with Gasteiger partial charge in [-0.1, -0.05) is 17.6 Å². The first-order chi connectivity index (χ1) is 6.00. The molecule has 0 atom stereocenters. The Labute approximate surface area is 75.2 Å². The minimum Gasteiger partial charge on any atom is -0.478 e. The van der Waals surface area contributed by atoms with Gasteiger partial charge in [-0.05, 0) is 6.07 Å². The summed E-state index contributed by atoms with van der Waals surface area (Å²) in [5.74, 6) is -2.24. The van der Waals surface area contributed by atoms with Gasteiger partial charge in [-0.3, -0.25) is 0 Å². The molecule has 0 bridgehead atoms. The molecule has 0 spiro atoms. The fourth-order valence-electron chi connectivity index (χ4n) is 1.03. The van der Waals surface area contributed by atoms with Gasteiger partial charge in [0.15, 0.2) is 0 Å². The highest BCUT2D eigenvalue weighted by Gasteiger charge is 2.08. The highest BCUT2D eigenvalue weighted by molar-refractivity contribution is 6.33. The van der Waals surface area contributed by atoms with Crippen molar-refractivity contribution in [2.45, 2.75) is 0 Å². The average Bonchev–Trinajstić information content (AvgIpc) is 2.03. The number of hydrogen-bond donors (Lipinski definition) is 2. The zero-order valence-corrected chi connectivity index (χ0v) is 6.94. The SMILES string of the molecule is Bc1cc(C(=O)O)cc(C(=O)O)c1. The molecule has 4 nitrogen and oxygen atoms in total. The van der Waals surface area contributed by atoms with Gasteiger partial charge in [0, 0.05) is 0 Å². The van der Waals surface area contributed by atoms with Crippen molar-refractivity contribution in [1.29, 1.82) is 0 Å². The molecular weight excluding hydrogens is 171 g/mol. The number of carbonyl (C=O) groups is 2. The lowest BCUT2D eigenvalue weighted by molar-refractivity contribution is 0.0696. The Morgan fingerprint density at radius 3 is 1.69 bits per heavy atom. The lowest BCUT2D eigenvalue weighted by atomic mass is 9.92. The minimum absolute atomic E-state index is 0.00241. The molecule has 2 N–H and O–H groups in total. The van der Waals surface area contributed by atoms with Crippen LogP contribution in [0.15, 0.2) is 18.2 Å². The van der Waals surface area contributed by atoms with E-state index in [1.165, 1.54) is 12.1 Å². The van der Waals surface area contributed by atoms with Crippen LogP contribution in [0.3, 0.4) is 0 Å². The van der Waals surface area contributed by atoms with Gasteiger partial charge in [0.2, 0.25) is 0 Å². The van der Waals surface area contributed by atoms with Crippen molar-refractivity contribution in [1.82, 2.24) is 0 Å². The molecular formula is C8H7BO4. The van der Waals surface area contributed by atoms with E-state index < -0.39 is 11.9 Å². The van der Waals surface area contributed by atoms with E-state index in [9.17, 15) is 9.59 Å². The molecule has 0 aliphatic rings. The van der Waals surface area contributed by atoms with Crippen molar-refractivity contribution in [3.05, 3.63) is 29.3 Å². The van der Waals surface area contributed by atoms with E-state index >= 15 is 0 Å². The van der Waals surface area contributed by atoms with E-state index in [-0.39, 0.29) is 11.1 Å². The number of carboxylic acid groups (broad SMARTS) is 2. The van der Waals surface area contributed by atoms with Crippen LogP contribution in [-0.2, 0) is 0 Å². The number of carboxylic acids is 2. The van der Waals surface area contributed by atoms with Gasteiger partial charge >= 0.3 is 11.9 Å². The van der Waals surface area contributed by atoms with Gasteiger partial charge in [-0.2, -0.15) is 0 Å². The molecule has 0 aliphatic heterocycles. The first-order valence-electron chi connectivity index (χ1n) is 3.59. The molecule has 0 unspecified atom stereocenters. The Balaban J connectivity index is 3.26. The molecule has 0 aromatic heterocycles. The normalized spacial score (nSPS) is 9.54. The molecule has 0 aliphatic carbocycles. The maximum Gasteiger partial charge on any atom is 0.335 e. The summed E-state index contributed by atoms with van der Waals surface area (Å²) < 4.78 is 0. The van der Waals surface area contributed by atoms with Crippen LogP contribution in [0.1, 0.15) is 20.7 Å². The summed E-state index contributed by atoms with van der Waals surface area (Å²) in [5, 5.41) is 17.2. The molecule has 0 heterocycles. The van der Waals surface area contributed by atoms with Crippen molar-refractivity contribution in [3.8, 4) is 0 Å². The molecule has 0 fully saturated rings. The summed E-state index contributed by atoms with van der Waals surface area (Å²) in [5.41, 5.74) is 0.618. The molecule has 1 aromatic carbocycles. The molecule has 0 saturated carbocycles. The molecule has 1 aromatic rings. The van der Waals surface area contributed by atoms with Crippen molar-refractivity contribution >= 4 is 25.2 Å². The second kappa shape index (κ2) is 3.31. The molecule has 13 heavy (non-hydrogen) atoms. The maximum absolute atomic E-state index is 10.5. The monoisotopic (exact) mass is 178 g/mol. The van der Waals surface area contributed by atoms with Crippen LogP contribution in [0.2, 0.25) is 0 Å². The average molecular weight is 178 g/mol. The van der Waals surface area contributed by atoms with Crippen LogP contribution in [0.25, 0.3) is 0 Å². The molecule has 1 rings (SSSR count). The van der Waals surface area contributed by atoms with Crippen LogP contribution < -0.4 is 5.46 Å². The summed E-state index contributed by atoms with van der Waals surface area (Å²) in [6, 6.07) is 3.99. The number of aromatic carboxylic acids is 2. The van der Waals surface area contributed by atoms with E-state index in [1.54, 1.807) is 7.85 Å². The van der Waals surface area contributed by atoms with Gasteiger partial charge in [0.1, 0.15) is 7.85 Å². The lowest BCUT2D eigenvalue weighted by Crippen LogP contribution is -2.11. The first-order valence-corrected chi connectivity index (χ1v) is 3.59. The van der Waals surface area contributed by atoms with Crippen LogP contribution in [-0.4, -0.2) is 30.0 Å². The van der Waals surface area contributed by atoms with Crippen molar-refractivity contribution in [2.24, 2.45) is 0 Å². The Hall–Kier alpha value is -1.78. The van der Waals surface area contributed by atoms with Crippen LogP contribution in [0.4, 0.5) is 0 Å².